The van der Waals surface area contributed by atoms with Gasteiger partial charge in [-0.25, -0.2) is 0 Å². The number of benzene rings is 2. The molecule has 0 saturated heterocycles. The molecule has 22 heavy (non-hydrogen) atoms. The van der Waals surface area contributed by atoms with Crippen molar-refractivity contribution in [3.8, 4) is 0 Å². The highest BCUT2D eigenvalue weighted by atomic mass is 16.1. The van der Waals surface area contributed by atoms with Crippen LogP contribution in [0.2, 0.25) is 0 Å². The van der Waals surface area contributed by atoms with E-state index < -0.39 is 0 Å². The molecule has 2 aromatic carbocycles. The highest BCUT2D eigenvalue weighted by Gasteiger charge is 2.14. The first kappa shape index (κ1) is 16.5. The summed E-state index contributed by atoms with van der Waals surface area (Å²) in [5.41, 5.74) is 4.55. The Morgan fingerprint density at radius 2 is 1.64 bits per heavy atom. The van der Waals surface area contributed by atoms with Gasteiger partial charge in [0.25, 0.3) is 0 Å². The van der Waals surface area contributed by atoms with Crippen molar-refractivity contribution in [1.29, 1.82) is 0 Å². The van der Waals surface area contributed by atoms with Gasteiger partial charge in [0.1, 0.15) is 0 Å². The molecule has 0 aliphatic heterocycles. The molecule has 2 aromatic rings. The quantitative estimate of drug-likeness (QED) is 0.677. The molecule has 0 heterocycles. The molecule has 1 nitrogen and oxygen atoms in total. The SMILES string of the molecule is CC(C)c1cccc(CC(=O)c2ccc(C(C)(C)C)cc2)c1. The van der Waals surface area contributed by atoms with Crippen LogP contribution in [0.5, 0.6) is 0 Å². The third kappa shape index (κ3) is 4.07. The number of carbonyl (C=O) groups excluding carboxylic acids is 1. The van der Waals surface area contributed by atoms with Crippen LogP contribution in [0.4, 0.5) is 0 Å². The van der Waals surface area contributed by atoms with Crippen molar-refractivity contribution in [2.24, 2.45) is 0 Å². The minimum atomic E-state index is 0.118. The Balaban J connectivity index is 2.14. The first-order valence-electron chi connectivity index (χ1n) is 8.00. The second kappa shape index (κ2) is 6.48. The summed E-state index contributed by atoms with van der Waals surface area (Å²) in [6, 6.07) is 16.4. The lowest BCUT2D eigenvalue weighted by molar-refractivity contribution is 0.0993. The number of hydrogen-bond donors (Lipinski definition) is 0. The molecule has 0 spiro atoms. The normalized spacial score (nSPS) is 11.7. The van der Waals surface area contributed by atoms with Gasteiger partial charge < -0.3 is 0 Å². The molecular formula is C21H26O. The van der Waals surface area contributed by atoms with Crippen LogP contribution < -0.4 is 0 Å². The first-order valence-corrected chi connectivity index (χ1v) is 8.00. The molecule has 0 unspecified atom stereocenters. The van der Waals surface area contributed by atoms with Gasteiger partial charge in [-0.1, -0.05) is 83.1 Å². The van der Waals surface area contributed by atoms with Crippen LogP contribution in [0.15, 0.2) is 48.5 Å². The maximum absolute atomic E-state index is 12.5. The zero-order valence-corrected chi connectivity index (χ0v) is 14.3. The lowest BCUT2D eigenvalue weighted by Crippen LogP contribution is -2.11. The van der Waals surface area contributed by atoms with Gasteiger partial charge in [0, 0.05) is 12.0 Å². The Morgan fingerprint density at radius 1 is 1.00 bits per heavy atom. The molecule has 0 atom stereocenters. The Kier molecular flexibility index (Phi) is 4.85. The van der Waals surface area contributed by atoms with E-state index in [0.717, 1.165) is 11.1 Å². The summed E-state index contributed by atoms with van der Waals surface area (Å²) in [5, 5.41) is 0. The molecule has 116 valence electrons. The second-order valence-electron chi connectivity index (χ2n) is 7.33. The Morgan fingerprint density at radius 3 is 2.18 bits per heavy atom. The number of hydrogen-bond acceptors (Lipinski definition) is 1. The zero-order chi connectivity index (χ0) is 16.3. The average Bonchev–Trinajstić information content (AvgIpc) is 2.46. The van der Waals surface area contributed by atoms with Crippen LogP contribution in [0.25, 0.3) is 0 Å². The van der Waals surface area contributed by atoms with Gasteiger partial charge in [-0.2, -0.15) is 0 Å². The molecule has 0 fully saturated rings. The van der Waals surface area contributed by atoms with E-state index in [0.29, 0.717) is 12.3 Å². The van der Waals surface area contributed by atoms with Crippen LogP contribution in [-0.2, 0) is 11.8 Å². The molecule has 0 bridgehead atoms. The maximum Gasteiger partial charge on any atom is 0.167 e. The van der Waals surface area contributed by atoms with E-state index in [1.54, 1.807) is 0 Å². The molecule has 0 aliphatic carbocycles. The maximum atomic E-state index is 12.5. The minimum absolute atomic E-state index is 0.118. The van der Waals surface area contributed by atoms with Gasteiger partial charge in [0.05, 0.1) is 0 Å². The predicted molar refractivity (Wildman–Crippen MR) is 93.7 cm³/mol. The summed E-state index contributed by atoms with van der Waals surface area (Å²) in [6.45, 7) is 10.9. The monoisotopic (exact) mass is 294 g/mol. The van der Waals surface area contributed by atoms with E-state index in [1.807, 2.05) is 24.3 Å². The standard InChI is InChI=1S/C21H26O/c1-15(2)18-8-6-7-16(13-18)14-20(22)17-9-11-19(12-10-17)21(3,4)5/h6-13,15H,14H2,1-5H3. The van der Waals surface area contributed by atoms with Crippen molar-refractivity contribution in [2.45, 2.75) is 52.4 Å². The van der Waals surface area contributed by atoms with E-state index in [1.165, 1.54) is 11.1 Å². The topological polar surface area (TPSA) is 17.1 Å². The van der Waals surface area contributed by atoms with Gasteiger partial charge in [-0.3, -0.25) is 4.79 Å². The van der Waals surface area contributed by atoms with Crippen LogP contribution in [0, 0.1) is 0 Å². The van der Waals surface area contributed by atoms with Crippen LogP contribution in [0.3, 0.4) is 0 Å². The summed E-state index contributed by atoms with van der Waals surface area (Å²) >= 11 is 0. The zero-order valence-electron chi connectivity index (χ0n) is 14.3. The lowest BCUT2D eigenvalue weighted by atomic mass is 9.86. The van der Waals surface area contributed by atoms with E-state index in [4.69, 9.17) is 0 Å². The summed E-state index contributed by atoms with van der Waals surface area (Å²) in [6.07, 6.45) is 0.468. The third-order valence-corrected chi connectivity index (χ3v) is 4.06. The molecule has 0 aromatic heterocycles. The van der Waals surface area contributed by atoms with Crippen LogP contribution >= 0.6 is 0 Å². The van der Waals surface area contributed by atoms with Gasteiger partial charge in [0.2, 0.25) is 0 Å². The van der Waals surface area contributed by atoms with Gasteiger partial charge in [-0.15, -0.1) is 0 Å². The fourth-order valence-corrected chi connectivity index (χ4v) is 2.51. The van der Waals surface area contributed by atoms with Gasteiger partial charge in [0.15, 0.2) is 5.78 Å². The van der Waals surface area contributed by atoms with Crippen molar-refractivity contribution < 1.29 is 4.79 Å². The highest BCUT2D eigenvalue weighted by Crippen LogP contribution is 2.23. The Bertz CT molecular complexity index is 642. The van der Waals surface area contributed by atoms with E-state index >= 15 is 0 Å². The van der Waals surface area contributed by atoms with Crippen molar-refractivity contribution >= 4 is 5.78 Å². The summed E-state index contributed by atoms with van der Waals surface area (Å²) < 4.78 is 0. The van der Waals surface area contributed by atoms with E-state index in [-0.39, 0.29) is 11.2 Å². The van der Waals surface area contributed by atoms with E-state index in [9.17, 15) is 4.79 Å². The summed E-state index contributed by atoms with van der Waals surface area (Å²) in [5.74, 6) is 0.669. The number of rotatable bonds is 4. The Labute approximate surface area is 134 Å². The predicted octanol–water partition coefficient (Wildman–Crippen LogP) is 5.53. The molecule has 0 aliphatic rings. The van der Waals surface area contributed by atoms with Crippen molar-refractivity contribution in [3.05, 3.63) is 70.8 Å². The molecule has 2 rings (SSSR count). The second-order valence-corrected chi connectivity index (χ2v) is 7.33. The van der Waals surface area contributed by atoms with E-state index in [2.05, 4.69) is 58.9 Å². The summed E-state index contributed by atoms with van der Waals surface area (Å²) in [4.78, 5) is 12.5. The fraction of sp³-hybridized carbons (Fsp3) is 0.381. The van der Waals surface area contributed by atoms with Crippen molar-refractivity contribution in [2.75, 3.05) is 0 Å². The molecular weight excluding hydrogens is 268 g/mol. The molecule has 0 amide bonds. The Hall–Kier alpha value is -1.89. The third-order valence-electron chi connectivity index (χ3n) is 4.06. The van der Waals surface area contributed by atoms with Crippen LogP contribution in [-0.4, -0.2) is 5.78 Å². The lowest BCUT2D eigenvalue weighted by Gasteiger charge is -2.19. The number of ketones is 1. The molecule has 0 radical (unpaired) electrons. The smallest absolute Gasteiger partial charge is 0.167 e. The molecule has 1 heteroatoms. The van der Waals surface area contributed by atoms with Gasteiger partial charge >= 0.3 is 0 Å². The van der Waals surface area contributed by atoms with Crippen molar-refractivity contribution in [1.82, 2.24) is 0 Å². The largest absolute Gasteiger partial charge is 0.294 e. The van der Waals surface area contributed by atoms with Crippen LogP contribution in [0.1, 0.15) is 67.6 Å². The minimum Gasteiger partial charge on any atom is -0.294 e. The van der Waals surface area contributed by atoms with Gasteiger partial charge in [-0.05, 0) is 28.0 Å². The average molecular weight is 294 g/mol. The molecule has 0 saturated carbocycles. The first-order chi connectivity index (χ1) is 10.3. The highest BCUT2D eigenvalue weighted by molar-refractivity contribution is 5.97. The summed E-state index contributed by atoms with van der Waals surface area (Å²) in [7, 11) is 0. The number of Topliss-reactive ketones (excluding diaryl/α,β-unsaturated/α-hetero) is 1. The van der Waals surface area contributed by atoms with Crippen molar-refractivity contribution in [3.63, 3.8) is 0 Å². The number of carbonyl (C=O) groups is 1. The fourth-order valence-electron chi connectivity index (χ4n) is 2.51. The molecule has 0 N–H and O–H groups in total.